The van der Waals surface area contributed by atoms with E-state index in [2.05, 4.69) is 17.6 Å². The lowest BCUT2D eigenvalue weighted by Gasteiger charge is -2.18. The zero-order valence-electron chi connectivity index (χ0n) is 9.40. The van der Waals surface area contributed by atoms with Gasteiger partial charge in [0.25, 0.3) is 0 Å². The molecule has 0 spiro atoms. The van der Waals surface area contributed by atoms with Crippen molar-refractivity contribution in [1.29, 1.82) is 0 Å². The fourth-order valence-electron chi connectivity index (χ4n) is 2.31. The van der Waals surface area contributed by atoms with E-state index in [-0.39, 0.29) is 29.4 Å². The predicted octanol–water partition coefficient (Wildman–Crippen LogP) is -0.855. The number of carbonyl (C=O) groups excluding carboxylic acids is 1. The lowest BCUT2D eigenvalue weighted by atomic mass is 10.0. The molecule has 2 rings (SSSR count). The monoisotopic (exact) mass is 246 g/mol. The van der Waals surface area contributed by atoms with Gasteiger partial charge in [0.05, 0.1) is 17.4 Å². The summed E-state index contributed by atoms with van der Waals surface area (Å²) in [6, 6.07) is 0.149. The zero-order valence-corrected chi connectivity index (χ0v) is 10.2. The van der Waals surface area contributed by atoms with Gasteiger partial charge in [-0.05, 0) is 18.9 Å². The van der Waals surface area contributed by atoms with Gasteiger partial charge in [-0.1, -0.05) is 6.92 Å². The predicted molar refractivity (Wildman–Crippen MR) is 60.7 cm³/mol. The summed E-state index contributed by atoms with van der Waals surface area (Å²) in [5.41, 5.74) is 0. The molecule has 2 N–H and O–H groups in total. The van der Waals surface area contributed by atoms with Crippen molar-refractivity contribution in [2.24, 2.45) is 11.8 Å². The molecule has 2 aliphatic heterocycles. The molecule has 2 heterocycles. The van der Waals surface area contributed by atoms with Gasteiger partial charge < -0.3 is 10.6 Å². The first-order valence-electron chi connectivity index (χ1n) is 5.69. The number of sulfone groups is 1. The molecule has 0 aromatic carbocycles. The molecule has 5 nitrogen and oxygen atoms in total. The molecule has 2 aliphatic rings. The summed E-state index contributed by atoms with van der Waals surface area (Å²) in [6.07, 6.45) is 0.475. The van der Waals surface area contributed by atoms with Gasteiger partial charge in [-0.15, -0.1) is 0 Å². The number of hydrogen-bond donors (Lipinski definition) is 2. The molecule has 16 heavy (non-hydrogen) atoms. The highest BCUT2D eigenvalue weighted by molar-refractivity contribution is 7.91. The van der Waals surface area contributed by atoms with Crippen LogP contribution < -0.4 is 10.6 Å². The van der Waals surface area contributed by atoms with Crippen LogP contribution in [0.5, 0.6) is 0 Å². The van der Waals surface area contributed by atoms with Crippen LogP contribution in [0.3, 0.4) is 0 Å². The normalized spacial score (nSPS) is 37.4. The number of carbonyl (C=O) groups is 1. The van der Waals surface area contributed by atoms with E-state index >= 15 is 0 Å². The Morgan fingerprint density at radius 1 is 1.38 bits per heavy atom. The minimum absolute atomic E-state index is 0.0212. The Morgan fingerprint density at radius 2 is 2.12 bits per heavy atom. The quantitative estimate of drug-likeness (QED) is 0.665. The fraction of sp³-hybridized carbons (Fsp3) is 0.900. The van der Waals surface area contributed by atoms with Crippen LogP contribution in [0.2, 0.25) is 0 Å². The topological polar surface area (TPSA) is 75.3 Å². The highest BCUT2D eigenvalue weighted by Gasteiger charge is 2.35. The minimum Gasteiger partial charge on any atom is -0.352 e. The van der Waals surface area contributed by atoms with Crippen LogP contribution >= 0.6 is 0 Å². The first-order valence-corrected chi connectivity index (χ1v) is 7.51. The van der Waals surface area contributed by atoms with Gasteiger partial charge >= 0.3 is 0 Å². The van der Waals surface area contributed by atoms with E-state index in [1.165, 1.54) is 0 Å². The van der Waals surface area contributed by atoms with Gasteiger partial charge in [0.2, 0.25) is 5.91 Å². The van der Waals surface area contributed by atoms with Crippen molar-refractivity contribution in [2.45, 2.75) is 19.4 Å². The van der Waals surface area contributed by atoms with Gasteiger partial charge in [0.1, 0.15) is 0 Å². The van der Waals surface area contributed by atoms with Crippen molar-refractivity contribution >= 4 is 15.7 Å². The molecule has 2 fully saturated rings. The average molecular weight is 246 g/mol. The maximum absolute atomic E-state index is 11.8. The molecule has 3 atom stereocenters. The van der Waals surface area contributed by atoms with Crippen molar-refractivity contribution < 1.29 is 13.2 Å². The Kier molecular flexibility index (Phi) is 3.21. The Balaban J connectivity index is 1.89. The zero-order chi connectivity index (χ0) is 11.8. The molecule has 0 bridgehead atoms. The highest BCUT2D eigenvalue weighted by atomic mass is 32.2. The third-order valence-electron chi connectivity index (χ3n) is 3.45. The van der Waals surface area contributed by atoms with Crippen LogP contribution in [0.1, 0.15) is 13.3 Å². The summed E-state index contributed by atoms with van der Waals surface area (Å²) < 4.78 is 22.5. The van der Waals surface area contributed by atoms with E-state index in [0.29, 0.717) is 12.3 Å². The summed E-state index contributed by atoms with van der Waals surface area (Å²) in [5, 5.41) is 6.14. The molecule has 6 heteroatoms. The summed E-state index contributed by atoms with van der Waals surface area (Å²) >= 11 is 0. The number of amides is 1. The van der Waals surface area contributed by atoms with E-state index in [0.717, 1.165) is 13.1 Å². The van der Waals surface area contributed by atoms with Gasteiger partial charge in [-0.25, -0.2) is 8.42 Å². The summed E-state index contributed by atoms with van der Waals surface area (Å²) in [5.74, 6) is 0.165. The van der Waals surface area contributed by atoms with Crippen LogP contribution in [-0.2, 0) is 14.6 Å². The Hall–Kier alpha value is -0.620. The van der Waals surface area contributed by atoms with Crippen LogP contribution in [0.15, 0.2) is 0 Å². The van der Waals surface area contributed by atoms with Gasteiger partial charge in [-0.3, -0.25) is 4.79 Å². The largest absolute Gasteiger partial charge is 0.352 e. The number of rotatable bonds is 2. The second-order valence-corrected chi connectivity index (χ2v) is 7.08. The smallest absolute Gasteiger partial charge is 0.224 e. The Morgan fingerprint density at radius 3 is 2.62 bits per heavy atom. The first kappa shape index (κ1) is 11.9. The SMILES string of the molecule is CC1CNCC1NC(=O)C1CCS(=O)(=O)C1. The number of hydrogen-bond acceptors (Lipinski definition) is 4. The fourth-order valence-corrected chi connectivity index (χ4v) is 4.05. The summed E-state index contributed by atoms with van der Waals surface area (Å²) in [7, 11) is -2.96. The Bertz CT molecular complexity index is 380. The second-order valence-electron chi connectivity index (χ2n) is 4.85. The van der Waals surface area contributed by atoms with Crippen molar-refractivity contribution in [1.82, 2.24) is 10.6 Å². The second kappa shape index (κ2) is 4.33. The van der Waals surface area contributed by atoms with Crippen molar-refractivity contribution in [3.8, 4) is 0 Å². The lowest BCUT2D eigenvalue weighted by Crippen LogP contribution is -2.43. The maximum atomic E-state index is 11.8. The first-order chi connectivity index (χ1) is 7.48. The third kappa shape index (κ3) is 2.55. The Labute approximate surface area is 95.9 Å². The molecule has 0 radical (unpaired) electrons. The average Bonchev–Trinajstić information content (AvgIpc) is 2.74. The standard InChI is InChI=1S/C10H18N2O3S/c1-7-4-11-5-9(7)12-10(13)8-2-3-16(14,15)6-8/h7-9,11H,2-6H2,1H3,(H,12,13). The summed E-state index contributed by atoms with van der Waals surface area (Å²) in [4.78, 5) is 11.8. The van der Waals surface area contributed by atoms with Crippen LogP contribution in [-0.4, -0.2) is 45.0 Å². The molecule has 0 aromatic rings. The highest BCUT2D eigenvalue weighted by Crippen LogP contribution is 2.19. The molecule has 3 unspecified atom stereocenters. The van der Waals surface area contributed by atoms with Crippen molar-refractivity contribution in [3.63, 3.8) is 0 Å². The summed E-state index contributed by atoms with van der Waals surface area (Å²) in [6.45, 7) is 3.77. The number of nitrogens with one attached hydrogen (secondary N) is 2. The molecular formula is C10H18N2O3S. The van der Waals surface area contributed by atoms with E-state index in [1.54, 1.807) is 0 Å². The van der Waals surface area contributed by atoms with E-state index < -0.39 is 9.84 Å². The van der Waals surface area contributed by atoms with E-state index in [9.17, 15) is 13.2 Å². The molecule has 1 amide bonds. The van der Waals surface area contributed by atoms with Crippen LogP contribution in [0.25, 0.3) is 0 Å². The molecule has 0 aromatic heterocycles. The molecule has 92 valence electrons. The maximum Gasteiger partial charge on any atom is 0.224 e. The molecule has 0 aliphatic carbocycles. The van der Waals surface area contributed by atoms with E-state index in [1.807, 2.05) is 0 Å². The van der Waals surface area contributed by atoms with Gasteiger partial charge in [0.15, 0.2) is 9.84 Å². The van der Waals surface area contributed by atoms with Crippen molar-refractivity contribution in [2.75, 3.05) is 24.6 Å². The van der Waals surface area contributed by atoms with Crippen LogP contribution in [0, 0.1) is 11.8 Å². The van der Waals surface area contributed by atoms with E-state index in [4.69, 9.17) is 0 Å². The third-order valence-corrected chi connectivity index (χ3v) is 5.22. The van der Waals surface area contributed by atoms with Gasteiger partial charge in [0, 0.05) is 12.6 Å². The molecular weight excluding hydrogens is 228 g/mol. The van der Waals surface area contributed by atoms with Crippen molar-refractivity contribution in [3.05, 3.63) is 0 Å². The van der Waals surface area contributed by atoms with Gasteiger partial charge in [-0.2, -0.15) is 0 Å². The molecule has 0 saturated carbocycles. The molecule has 2 saturated heterocycles. The lowest BCUT2D eigenvalue weighted by molar-refractivity contribution is -0.125. The minimum atomic E-state index is -2.96. The van der Waals surface area contributed by atoms with Crippen LogP contribution in [0.4, 0.5) is 0 Å².